The summed E-state index contributed by atoms with van der Waals surface area (Å²) in [5.74, 6) is 2.25. The molecule has 2 aliphatic rings. The molecule has 4 N–H and O–H groups in total. The van der Waals surface area contributed by atoms with Gasteiger partial charge in [0.2, 0.25) is 0 Å². The smallest absolute Gasteiger partial charge is 0.171 e. The number of methoxy groups -OCH3 is 1. The van der Waals surface area contributed by atoms with E-state index < -0.39 is 6.23 Å². The number of imidazole rings is 1. The van der Waals surface area contributed by atoms with E-state index in [0.29, 0.717) is 46.5 Å². The van der Waals surface area contributed by atoms with E-state index in [1.165, 1.54) is 11.1 Å². The molecule has 5 aromatic rings. The predicted octanol–water partition coefficient (Wildman–Crippen LogP) is 3.80. The van der Waals surface area contributed by atoms with Gasteiger partial charge in [-0.15, -0.1) is 0 Å². The molecule has 43 heavy (non-hydrogen) atoms. The number of hydrogen-bond acceptors (Lipinski definition) is 9. The Morgan fingerprint density at radius 3 is 2.72 bits per heavy atom. The third kappa shape index (κ3) is 4.95. The van der Waals surface area contributed by atoms with Gasteiger partial charge < -0.3 is 20.9 Å². The van der Waals surface area contributed by atoms with Crippen LogP contribution in [0.5, 0.6) is 5.75 Å². The first kappa shape index (κ1) is 27.3. The zero-order valence-electron chi connectivity index (χ0n) is 24.1. The van der Waals surface area contributed by atoms with Gasteiger partial charge >= 0.3 is 0 Å². The third-order valence-corrected chi connectivity index (χ3v) is 8.62. The van der Waals surface area contributed by atoms with Crippen LogP contribution in [0.1, 0.15) is 36.4 Å². The van der Waals surface area contributed by atoms with Gasteiger partial charge in [-0.1, -0.05) is 12.6 Å². The van der Waals surface area contributed by atoms with Crippen molar-refractivity contribution in [3.63, 3.8) is 0 Å². The number of nitrogens with two attached hydrogens (primary N) is 1. The number of ether oxygens (including phenoxy) is 1. The summed E-state index contributed by atoms with van der Waals surface area (Å²) in [4.78, 5) is 16.4. The number of piperidine rings is 1. The first-order chi connectivity index (χ1) is 21.0. The van der Waals surface area contributed by atoms with Gasteiger partial charge in [-0.2, -0.15) is 5.10 Å². The summed E-state index contributed by atoms with van der Waals surface area (Å²) in [5, 5.41) is 18.4. The fourth-order valence-electron chi connectivity index (χ4n) is 6.40. The van der Waals surface area contributed by atoms with Crippen molar-refractivity contribution >= 4 is 17.0 Å². The first-order valence-corrected chi connectivity index (χ1v) is 14.7. The predicted molar refractivity (Wildman–Crippen MR) is 165 cm³/mol. The quantitative estimate of drug-likeness (QED) is 0.236. The molecule has 220 valence electrons. The monoisotopic (exact) mass is 577 g/mol. The lowest BCUT2D eigenvalue weighted by atomic mass is 10.0. The number of nitrogens with one attached hydrogen (secondary N) is 1. The molecule has 1 fully saturated rings. The molecular weight excluding hydrogens is 542 g/mol. The number of hydrogen-bond donors (Lipinski definition) is 3. The first-order valence-electron chi connectivity index (χ1n) is 14.7. The van der Waals surface area contributed by atoms with Gasteiger partial charge in [0.05, 0.1) is 12.7 Å². The number of aryl methyl sites for hydroxylation is 1. The molecule has 5 heterocycles. The van der Waals surface area contributed by atoms with E-state index in [-0.39, 0.29) is 0 Å². The van der Waals surface area contributed by atoms with Crippen LogP contribution >= 0.6 is 0 Å². The fraction of sp³-hybridized carbons (Fsp3) is 0.312. The molecule has 0 radical (unpaired) electrons. The number of nitrogens with zero attached hydrogens (tertiary/aromatic N) is 7. The Morgan fingerprint density at radius 1 is 1.12 bits per heavy atom. The number of anilines is 1. The van der Waals surface area contributed by atoms with Crippen LogP contribution in [0.4, 0.5) is 5.82 Å². The van der Waals surface area contributed by atoms with Gasteiger partial charge in [0.1, 0.15) is 12.0 Å². The molecule has 0 saturated carbocycles. The highest BCUT2D eigenvalue weighted by atomic mass is 16.5. The lowest BCUT2D eigenvalue weighted by Crippen LogP contribution is -2.46. The second-order valence-corrected chi connectivity index (χ2v) is 11.1. The van der Waals surface area contributed by atoms with Crippen LogP contribution in [0.25, 0.3) is 34.1 Å². The zero-order chi connectivity index (χ0) is 29.5. The number of aliphatic hydroxyl groups excluding tert-OH is 1. The highest BCUT2D eigenvalue weighted by Crippen LogP contribution is 2.38. The molecule has 2 atom stereocenters. The normalized spacial score (nSPS) is 18.1. The summed E-state index contributed by atoms with van der Waals surface area (Å²) in [5.41, 5.74) is 11.9. The van der Waals surface area contributed by atoms with Gasteiger partial charge in [0.15, 0.2) is 28.6 Å². The van der Waals surface area contributed by atoms with Crippen molar-refractivity contribution in [2.45, 2.75) is 44.0 Å². The molecule has 0 amide bonds. The molecule has 2 unspecified atom stereocenters. The molecule has 1 aromatic carbocycles. The molecule has 11 heteroatoms. The number of pyridine rings is 2. The van der Waals surface area contributed by atoms with Crippen LogP contribution in [0.3, 0.4) is 0 Å². The van der Waals surface area contributed by atoms with Crippen LogP contribution in [0.15, 0.2) is 73.7 Å². The van der Waals surface area contributed by atoms with Gasteiger partial charge in [0.25, 0.3) is 0 Å². The van der Waals surface area contributed by atoms with E-state index >= 15 is 0 Å². The molecule has 1 saturated heterocycles. The molecule has 0 spiro atoms. The van der Waals surface area contributed by atoms with Crippen LogP contribution in [-0.2, 0) is 6.42 Å². The van der Waals surface area contributed by atoms with Crippen LogP contribution < -0.4 is 15.8 Å². The SMILES string of the molecule is C=CC(O)N1CCC(NC2CCc3cc(-n4c(-c5cccnc5N)nc5c(OC)cc(-n6cccn6)nc54)ccc32)CC1. The number of benzene rings is 1. The lowest BCUT2D eigenvalue weighted by molar-refractivity contribution is 0.0211. The molecule has 7 rings (SSSR count). The molecule has 4 aromatic heterocycles. The van der Waals surface area contributed by atoms with Crippen molar-refractivity contribution in [1.82, 2.24) is 39.5 Å². The van der Waals surface area contributed by atoms with Crippen molar-refractivity contribution < 1.29 is 9.84 Å². The van der Waals surface area contributed by atoms with Crippen molar-refractivity contribution in [2.75, 3.05) is 25.9 Å². The maximum atomic E-state index is 10.1. The van der Waals surface area contributed by atoms with Gasteiger partial charge in [0, 0.05) is 55.5 Å². The standard InChI is InChI=1S/C32H35N9O2/c1-3-28(42)39-16-11-21(12-17-39)36-25-10-7-20-18-22(8-9-23(20)25)41-31(24-6-4-13-34-30(24)33)38-29-26(43-2)19-27(37-32(29)41)40-15-5-14-35-40/h3-6,8-9,13-15,18-19,21,25,28,36,42H,1,7,10-12,16-17H2,2H3,(H2,33,34). The number of nitrogen functional groups attached to an aromatic ring is 1. The number of aliphatic hydroxyl groups is 1. The van der Waals surface area contributed by atoms with Gasteiger partial charge in [-0.25, -0.2) is 19.6 Å². The molecule has 0 bridgehead atoms. The Bertz CT molecular complexity index is 1770. The van der Waals surface area contributed by atoms with Crippen molar-refractivity contribution in [2.24, 2.45) is 0 Å². The number of rotatable bonds is 8. The van der Waals surface area contributed by atoms with E-state index in [0.717, 1.165) is 50.0 Å². The van der Waals surface area contributed by atoms with Crippen molar-refractivity contribution in [3.8, 4) is 28.6 Å². The summed E-state index contributed by atoms with van der Waals surface area (Å²) in [6.45, 7) is 5.43. The van der Waals surface area contributed by atoms with Crippen molar-refractivity contribution in [1.29, 1.82) is 0 Å². The van der Waals surface area contributed by atoms with Crippen molar-refractivity contribution in [3.05, 3.63) is 84.8 Å². The van der Waals surface area contributed by atoms with Crippen LogP contribution in [0.2, 0.25) is 0 Å². The topological polar surface area (TPSA) is 132 Å². The van der Waals surface area contributed by atoms with E-state index in [4.69, 9.17) is 20.4 Å². The number of aromatic nitrogens is 6. The number of likely N-dealkylation sites (tertiary alicyclic amines) is 1. The average Bonchev–Trinajstić information content (AvgIpc) is 3.80. The molecule has 11 nitrogen and oxygen atoms in total. The van der Waals surface area contributed by atoms with Crippen LogP contribution in [-0.4, -0.2) is 71.8 Å². The Balaban J connectivity index is 1.27. The maximum Gasteiger partial charge on any atom is 0.171 e. The second-order valence-electron chi connectivity index (χ2n) is 11.1. The highest BCUT2D eigenvalue weighted by molar-refractivity contribution is 5.87. The summed E-state index contributed by atoms with van der Waals surface area (Å²) in [7, 11) is 1.63. The number of fused-ring (bicyclic) bond motifs is 2. The average molecular weight is 578 g/mol. The third-order valence-electron chi connectivity index (χ3n) is 8.62. The zero-order valence-corrected chi connectivity index (χ0v) is 24.1. The fourth-order valence-corrected chi connectivity index (χ4v) is 6.40. The Labute approximate surface area is 249 Å². The maximum absolute atomic E-state index is 10.1. The molecular formula is C32H35N9O2. The van der Waals surface area contributed by atoms with Crippen LogP contribution in [0, 0.1) is 0 Å². The lowest BCUT2D eigenvalue weighted by Gasteiger charge is -2.35. The Hall–Kier alpha value is -4.58. The van der Waals surface area contributed by atoms with E-state index in [1.54, 1.807) is 30.3 Å². The van der Waals surface area contributed by atoms with Gasteiger partial charge in [-0.3, -0.25) is 9.47 Å². The Kier molecular flexibility index (Phi) is 7.13. The van der Waals surface area contributed by atoms with E-state index in [9.17, 15) is 5.11 Å². The minimum atomic E-state index is -0.567. The highest BCUT2D eigenvalue weighted by Gasteiger charge is 2.29. The van der Waals surface area contributed by atoms with Gasteiger partial charge in [-0.05, 0) is 73.2 Å². The minimum absolute atomic E-state index is 0.294. The summed E-state index contributed by atoms with van der Waals surface area (Å²) in [6.07, 6.45) is 10.3. The minimum Gasteiger partial charge on any atom is -0.494 e. The summed E-state index contributed by atoms with van der Waals surface area (Å²) >= 11 is 0. The van der Waals surface area contributed by atoms with E-state index in [2.05, 4.69) is 45.1 Å². The Morgan fingerprint density at radius 2 is 1.98 bits per heavy atom. The second kappa shape index (κ2) is 11.3. The molecule has 1 aliphatic carbocycles. The largest absolute Gasteiger partial charge is 0.494 e. The van der Waals surface area contributed by atoms with E-state index in [1.807, 2.05) is 35.0 Å². The summed E-state index contributed by atoms with van der Waals surface area (Å²) < 4.78 is 9.54. The molecule has 1 aliphatic heterocycles. The summed E-state index contributed by atoms with van der Waals surface area (Å²) in [6, 6.07) is 14.8.